The molecule has 0 saturated carbocycles. The van der Waals surface area contributed by atoms with Gasteiger partial charge in [-0.15, -0.1) is 0 Å². The molecule has 4 rings (SSSR count). The van der Waals surface area contributed by atoms with E-state index in [1.54, 1.807) is 18.3 Å². The molecule has 1 atom stereocenters. The first-order valence-electron chi connectivity index (χ1n) is 9.60. The molecular formula is C24H23NO3S. The predicted octanol–water partition coefficient (Wildman–Crippen LogP) is 5.44. The van der Waals surface area contributed by atoms with Crippen molar-refractivity contribution in [3.8, 4) is 5.75 Å². The first-order chi connectivity index (χ1) is 14.0. The molecule has 0 radical (unpaired) electrons. The van der Waals surface area contributed by atoms with Crippen LogP contribution >= 0.6 is 0 Å². The molecule has 0 aliphatic heterocycles. The van der Waals surface area contributed by atoms with Crippen LogP contribution in [0.1, 0.15) is 28.9 Å². The normalized spacial score (nSPS) is 12.8. The van der Waals surface area contributed by atoms with E-state index in [4.69, 9.17) is 4.74 Å². The minimum atomic E-state index is -3.73. The smallest absolute Gasteiger partial charge is 0.189 e. The van der Waals surface area contributed by atoms with Gasteiger partial charge >= 0.3 is 0 Å². The zero-order valence-electron chi connectivity index (χ0n) is 16.4. The molecule has 5 heteroatoms. The fraction of sp³-hybridized carbons (Fsp3) is 0.167. The summed E-state index contributed by atoms with van der Waals surface area (Å²) < 4.78 is 33.6. The number of hydrogen-bond acceptors (Lipinski definition) is 3. The Morgan fingerprint density at radius 2 is 1.59 bits per heavy atom. The van der Waals surface area contributed by atoms with E-state index in [1.165, 1.54) is 0 Å². The van der Waals surface area contributed by atoms with Gasteiger partial charge in [0.15, 0.2) is 9.84 Å². The lowest BCUT2D eigenvalue weighted by Crippen LogP contribution is -2.16. The molecule has 1 aromatic heterocycles. The van der Waals surface area contributed by atoms with Gasteiger partial charge in [0.25, 0.3) is 0 Å². The van der Waals surface area contributed by atoms with Crippen molar-refractivity contribution in [2.75, 3.05) is 6.61 Å². The second-order valence-corrected chi connectivity index (χ2v) is 9.03. The summed E-state index contributed by atoms with van der Waals surface area (Å²) in [6.45, 7) is 4.30. The third-order valence-corrected chi connectivity index (χ3v) is 7.12. The average Bonchev–Trinajstić information content (AvgIpc) is 3.14. The molecule has 1 heterocycles. The maximum absolute atomic E-state index is 13.9. The summed E-state index contributed by atoms with van der Waals surface area (Å²) in [7, 11) is -3.73. The van der Waals surface area contributed by atoms with Crippen LogP contribution in [0.5, 0.6) is 5.75 Å². The van der Waals surface area contributed by atoms with Crippen LogP contribution < -0.4 is 4.74 Å². The van der Waals surface area contributed by atoms with Crippen LogP contribution in [0.3, 0.4) is 0 Å². The zero-order chi connectivity index (χ0) is 20.4. The van der Waals surface area contributed by atoms with Gasteiger partial charge < -0.3 is 9.72 Å². The Morgan fingerprint density at radius 3 is 2.34 bits per heavy atom. The molecule has 29 heavy (non-hydrogen) atoms. The van der Waals surface area contributed by atoms with Crippen molar-refractivity contribution < 1.29 is 13.2 Å². The fourth-order valence-corrected chi connectivity index (χ4v) is 5.51. The average molecular weight is 406 g/mol. The van der Waals surface area contributed by atoms with Crippen molar-refractivity contribution >= 4 is 20.7 Å². The summed E-state index contributed by atoms with van der Waals surface area (Å²) in [4.78, 5) is 3.51. The number of aromatic amines is 1. The number of hydrogen-bond donors (Lipinski definition) is 1. The van der Waals surface area contributed by atoms with Gasteiger partial charge in [-0.25, -0.2) is 8.42 Å². The lowest BCUT2D eigenvalue weighted by molar-refractivity contribution is 0.336. The Balaban J connectivity index is 1.99. The standard InChI is InChI=1S/C24H23NO3S/c1-3-28-23-11-7-5-9-20(23)24(21-16-25-22-10-6-4-8-19(21)22)29(26,27)18-14-12-17(2)13-15-18/h4-16,24-25H,3H2,1-2H3. The van der Waals surface area contributed by atoms with Crippen LogP contribution in [-0.2, 0) is 9.84 Å². The van der Waals surface area contributed by atoms with E-state index in [1.807, 2.05) is 74.5 Å². The highest BCUT2D eigenvalue weighted by molar-refractivity contribution is 7.92. The molecule has 0 aliphatic rings. The molecule has 3 aromatic carbocycles. The number of aryl methyl sites for hydroxylation is 1. The summed E-state index contributed by atoms with van der Waals surface area (Å²) in [5.74, 6) is 0.584. The molecule has 0 amide bonds. The third kappa shape index (κ3) is 3.54. The van der Waals surface area contributed by atoms with E-state index in [2.05, 4.69) is 4.98 Å². The Morgan fingerprint density at radius 1 is 0.897 bits per heavy atom. The number of rotatable bonds is 6. The van der Waals surface area contributed by atoms with Crippen LogP contribution in [0.25, 0.3) is 10.9 Å². The second-order valence-electron chi connectivity index (χ2n) is 7.00. The minimum absolute atomic E-state index is 0.296. The lowest BCUT2D eigenvalue weighted by Gasteiger charge is -2.21. The number of fused-ring (bicyclic) bond motifs is 1. The Labute approximate surface area is 171 Å². The molecule has 4 aromatic rings. The first kappa shape index (κ1) is 19.3. The Hall–Kier alpha value is -3.05. The van der Waals surface area contributed by atoms with E-state index in [-0.39, 0.29) is 0 Å². The van der Waals surface area contributed by atoms with Crippen molar-refractivity contribution in [2.45, 2.75) is 24.0 Å². The molecule has 0 bridgehead atoms. The van der Waals surface area contributed by atoms with Gasteiger partial charge in [0.1, 0.15) is 11.0 Å². The van der Waals surface area contributed by atoms with Gasteiger partial charge in [0.05, 0.1) is 11.5 Å². The van der Waals surface area contributed by atoms with Gasteiger partial charge in [0.2, 0.25) is 0 Å². The highest BCUT2D eigenvalue weighted by atomic mass is 32.2. The van der Waals surface area contributed by atoms with Gasteiger partial charge in [-0.05, 0) is 38.1 Å². The van der Waals surface area contributed by atoms with Gasteiger partial charge in [-0.2, -0.15) is 0 Å². The number of nitrogens with one attached hydrogen (secondary N) is 1. The molecular weight excluding hydrogens is 382 g/mol. The molecule has 1 unspecified atom stereocenters. The highest BCUT2D eigenvalue weighted by Crippen LogP contribution is 2.42. The summed E-state index contributed by atoms with van der Waals surface area (Å²) in [6.07, 6.45) is 1.80. The van der Waals surface area contributed by atoms with Gasteiger partial charge in [0, 0.05) is 28.2 Å². The van der Waals surface area contributed by atoms with E-state index < -0.39 is 15.1 Å². The number of ether oxygens (including phenoxy) is 1. The minimum Gasteiger partial charge on any atom is -0.494 e. The quantitative estimate of drug-likeness (QED) is 0.465. The molecule has 1 N–H and O–H groups in total. The summed E-state index contributed by atoms with van der Waals surface area (Å²) >= 11 is 0. The highest BCUT2D eigenvalue weighted by Gasteiger charge is 2.34. The first-order valence-corrected chi connectivity index (χ1v) is 11.2. The molecule has 0 aliphatic carbocycles. The van der Waals surface area contributed by atoms with E-state index in [0.717, 1.165) is 16.5 Å². The number of benzene rings is 3. The number of para-hydroxylation sites is 2. The maximum atomic E-state index is 13.9. The molecule has 0 saturated heterocycles. The molecule has 0 spiro atoms. The van der Waals surface area contributed by atoms with Crippen molar-refractivity contribution in [1.82, 2.24) is 4.98 Å². The fourth-order valence-electron chi connectivity index (χ4n) is 3.66. The van der Waals surface area contributed by atoms with Crippen molar-refractivity contribution in [3.63, 3.8) is 0 Å². The second kappa shape index (κ2) is 7.76. The molecule has 4 nitrogen and oxygen atoms in total. The van der Waals surface area contributed by atoms with E-state index >= 15 is 0 Å². The van der Waals surface area contributed by atoms with Crippen LogP contribution in [0.4, 0.5) is 0 Å². The number of H-pyrrole nitrogens is 1. The monoisotopic (exact) mass is 405 g/mol. The van der Waals surface area contributed by atoms with Gasteiger partial charge in [-0.1, -0.05) is 54.1 Å². The number of aromatic nitrogens is 1. The van der Waals surface area contributed by atoms with Crippen LogP contribution in [-0.4, -0.2) is 20.0 Å². The van der Waals surface area contributed by atoms with Crippen LogP contribution in [0, 0.1) is 6.92 Å². The van der Waals surface area contributed by atoms with E-state index in [0.29, 0.717) is 28.4 Å². The van der Waals surface area contributed by atoms with Crippen LogP contribution in [0.2, 0.25) is 0 Å². The van der Waals surface area contributed by atoms with Crippen molar-refractivity contribution in [3.05, 3.63) is 95.7 Å². The van der Waals surface area contributed by atoms with Crippen LogP contribution in [0.15, 0.2) is 83.9 Å². The molecule has 148 valence electrons. The third-order valence-electron chi connectivity index (χ3n) is 5.06. The SMILES string of the molecule is CCOc1ccccc1C(c1c[nH]c2ccccc12)S(=O)(=O)c1ccc(C)cc1. The molecule has 0 fully saturated rings. The van der Waals surface area contributed by atoms with Crippen molar-refractivity contribution in [2.24, 2.45) is 0 Å². The summed E-state index contributed by atoms with van der Waals surface area (Å²) in [6, 6.07) is 22.1. The Bertz CT molecular complexity index is 1240. The van der Waals surface area contributed by atoms with Crippen molar-refractivity contribution in [1.29, 1.82) is 0 Å². The summed E-state index contributed by atoms with van der Waals surface area (Å²) in [5, 5.41) is 0.00333. The number of sulfone groups is 1. The van der Waals surface area contributed by atoms with Gasteiger partial charge in [-0.3, -0.25) is 0 Å². The Kier molecular flexibility index (Phi) is 5.16. The maximum Gasteiger partial charge on any atom is 0.189 e. The van der Waals surface area contributed by atoms with E-state index in [9.17, 15) is 8.42 Å². The zero-order valence-corrected chi connectivity index (χ0v) is 17.2. The predicted molar refractivity (Wildman–Crippen MR) is 116 cm³/mol. The lowest BCUT2D eigenvalue weighted by atomic mass is 10.0. The largest absolute Gasteiger partial charge is 0.494 e. The topological polar surface area (TPSA) is 59.2 Å². The summed E-state index contributed by atoms with van der Waals surface area (Å²) in [5.41, 5.74) is 3.27.